The van der Waals surface area contributed by atoms with Gasteiger partial charge in [-0.1, -0.05) is 35.3 Å². The van der Waals surface area contributed by atoms with Crippen LogP contribution in [0.1, 0.15) is 15.9 Å². The Hall–Kier alpha value is -2.50. The van der Waals surface area contributed by atoms with Crippen LogP contribution in [0, 0.1) is 0 Å². The van der Waals surface area contributed by atoms with Gasteiger partial charge in [0.05, 0.1) is 22.7 Å². The minimum Gasteiger partial charge on any atom is -0.482 e. The number of methoxy groups -OCH3 is 1. The summed E-state index contributed by atoms with van der Waals surface area (Å²) in [6.45, 7) is -0.232. The van der Waals surface area contributed by atoms with E-state index < -0.39 is 5.97 Å². The maximum Gasteiger partial charge on any atom is 0.343 e. The largest absolute Gasteiger partial charge is 0.482 e. The van der Waals surface area contributed by atoms with Crippen molar-refractivity contribution >= 4 is 41.0 Å². The van der Waals surface area contributed by atoms with Gasteiger partial charge in [-0.15, -0.1) is 0 Å². The molecule has 2 aromatic carbocycles. The van der Waals surface area contributed by atoms with Gasteiger partial charge in [0.1, 0.15) is 11.5 Å². The van der Waals surface area contributed by atoms with E-state index in [0.717, 1.165) is 0 Å². The molecule has 0 saturated carbocycles. The SMILES string of the molecule is COC(=O)COc1ccc2c(c1)OC(=Cc1cccc(Cl)c1Cl)C2=O. The van der Waals surface area contributed by atoms with E-state index in [0.29, 0.717) is 32.7 Å². The molecule has 0 N–H and O–H groups in total. The van der Waals surface area contributed by atoms with Gasteiger partial charge in [0, 0.05) is 6.07 Å². The molecule has 0 aromatic heterocycles. The van der Waals surface area contributed by atoms with Crippen LogP contribution in [0.4, 0.5) is 0 Å². The average Bonchev–Trinajstić information content (AvgIpc) is 2.92. The Kier molecular flexibility index (Phi) is 4.97. The molecular formula is C18H12Cl2O5. The number of ketones is 1. The third-order valence-electron chi connectivity index (χ3n) is 3.49. The Balaban J connectivity index is 1.84. The molecule has 5 nitrogen and oxygen atoms in total. The van der Waals surface area contributed by atoms with Crippen LogP contribution in [0.25, 0.3) is 6.08 Å². The fourth-order valence-corrected chi connectivity index (χ4v) is 2.59. The van der Waals surface area contributed by atoms with Crippen molar-refractivity contribution in [3.05, 3.63) is 63.3 Å². The Labute approximate surface area is 153 Å². The number of rotatable bonds is 4. The van der Waals surface area contributed by atoms with E-state index in [1.807, 2.05) is 0 Å². The molecule has 2 aromatic rings. The van der Waals surface area contributed by atoms with Crippen LogP contribution in [-0.2, 0) is 9.53 Å². The first kappa shape index (κ1) is 17.3. The van der Waals surface area contributed by atoms with Gasteiger partial charge >= 0.3 is 5.97 Å². The second-order valence-corrected chi connectivity index (χ2v) is 5.89. The van der Waals surface area contributed by atoms with Crippen LogP contribution >= 0.6 is 23.2 Å². The van der Waals surface area contributed by atoms with Gasteiger partial charge in [0.15, 0.2) is 12.4 Å². The second kappa shape index (κ2) is 7.17. The normalized spacial score (nSPS) is 14.2. The van der Waals surface area contributed by atoms with Crippen molar-refractivity contribution in [1.82, 2.24) is 0 Å². The molecule has 1 heterocycles. The molecule has 0 spiro atoms. The minimum absolute atomic E-state index is 0.129. The summed E-state index contributed by atoms with van der Waals surface area (Å²) >= 11 is 12.1. The number of fused-ring (bicyclic) bond motifs is 1. The first-order chi connectivity index (χ1) is 12.0. The number of ether oxygens (including phenoxy) is 3. The third kappa shape index (κ3) is 3.62. The fraction of sp³-hybridized carbons (Fsp3) is 0.111. The maximum atomic E-state index is 12.4. The molecule has 128 valence electrons. The summed E-state index contributed by atoms with van der Waals surface area (Å²) in [7, 11) is 1.27. The van der Waals surface area contributed by atoms with E-state index in [2.05, 4.69) is 4.74 Å². The highest BCUT2D eigenvalue weighted by Crippen LogP contribution is 2.36. The van der Waals surface area contributed by atoms with Crippen molar-refractivity contribution in [1.29, 1.82) is 0 Å². The Morgan fingerprint density at radius 3 is 2.80 bits per heavy atom. The van der Waals surface area contributed by atoms with Crippen molar-refractivity contribution < 1.29 is 23.8 Å². The summed E-state index contributed by atoms with van der Waals surface area (Å²) in [5.41, 5.74) is 0.974. The molecule has 0 saturated heterocycles. The predicted octanol–water partition coefficient (Wildman–Crippen LogP) is 4.16. The van der Waals surface area contributed by atoms with Gasteiger partial charge in [0.25, 0.3) is 0 Å². The highest BCUT2D eigenvalue weighted by atomic mass is 35.5. The number of allylic oxidation sites excluding steroid dienone is 1. The Morgan fingerprint density at radius 1 is 1.24 bits per heavy atom. The number of carbonyl (C=O) groups excluding carboxylic acids is 2. The molecule has 1 aliphatic rings. The molecule has 0 bridgehead atoms. The number of esters is 1. The molecular weight excluding hydrogens is 367 g/mol. The molecule has 0 fully saturated rings. The quantitative estimate of drug-likeness (QED) is 0.590. The lowest BCUT2D eigenvalue weighted by atomic mass is 10.1. The van der Waals surface area contributed by atoms with Crippen LogP contribution in [0.3, 0.4) is 0 Å². The van der Waals surface area contributed by atoms with Crippen LogP contribution in [-0.4, -0.2) is 25.5 Å². The molecule has 0 radical (unpaired) electrons. The third-order valence-corrected chi connectivity index (χ3v) is 4.33. The van der Waals surface area contributed by atoms with E-state index in [-0.39, 0.29) is 18.1 Å². The van der Waals surface area contributed by atoms with E-state index in [4.69, 9.17) is 32.7 Å². The molecule has 25 heavy (non-hydrogen) atoms. The number of carbonyl (C=O) groups is 2. The maximum absolute atomic E-state index is 12.4. The van der Waals surface area contributed by atoms with E-state index >= 15 is 0 Å². The second-order valence-electron chi connectivity index (χ2n) is 5.11. The van der Waals surface area contributed by atoms with E-state index in [1.165, 1.54) is 19.3 Å². The lowest BCUT2D eigenvalue weighted by molar-refractivity contribution is -0.142. The Morgan fingerprint density at radius 2 is 2.04 bits per heavy atom. The molecule has 0 amide bonds. The highest BCUT2D eigenvalue weighted by molar-refractivity contribution is 6.43. The number of hydrogen-bond donors (Lipinski definition) is 0. The van der Waals surface area contributed by atoms with Crippen molar-refractivity contribution in [2.45, 2.75) is 0 Å². The highest BCUT2D eigenvalue weighted by Gasteiger charge is 2.28. The molecule has 3 rings (SSSR count). The van der Waals surface area contributed by atoms with Crippen molar-refractivity contribution in [2.24, 2.45) is 0 Å². The van der Waals surface area contributed by atoms with Crippen molar-refractivity contribution in [3.8, 4) is 11.5 Å². The first-order valence-corrected chi connectivity index (χ1v) is 7.97. The molecule has 1 aliphatic heterocycles. The fourth-order valence-electron chi connectivity index (χ4n) is 2.23. The number of halogens is 2. The number of hydrogen-bond acceptors (Lipinski definition) is 5. The molecule has 0 aliphatic carbocycles. The van der Waals surface area contributed by atoms with Crippen LogP contribution in [0.15, 0.2) is 42.2 Å². The zero-order valence-electron chi connectivity index (χ0n) is 13.0. The zero-order chi connectivity index (χ0) is 18.0. The van der Waals surface area contributed by atoms with E-state index in [1.54, 1.807) is 30.3 Å². The summed E-state index contributed by atoms with van der Waals surface area (Å²) in [4.78, 5) is 23.6. The van der Waals surface area contributed by atoms with Gasteiger partial charge in [-0.3, -0.25) is 4.79 Å². The number of Topliss-reactive ketones (excluding diaryl/α,β-unsaturated/α-hetero) is 1. The summed E-state index contributed by atoms with van der Waals surface area (Å²) in [5, 5.41) is 0.726. The van der Waals surface area contributed by atoms with Gasteiger partial charge in [-0.05, 0) is 29.8 Å². The minimum atomic E-state index is -0.506. The molecule has 0 atom stereocenters. The van der Waals surface area contributed by atoms with Gasteiger partial charge in [-0.2, -0.15) is 0 Å². The van der Waals surface area contributed by atoms with E-state index in [9.17, 15) is 9.59 Å². The summed E-state index contributed by atoms with van der Waals surface area (Å²) in [6.07, 6.45) is 1.53. The monoisotopic (exact) mass is 378 g/mol. The zero-order valence-corrected chi connectivity index (χ0v) is 14.6. The number of benzene rings is 2. The lowest BCUT2D eigenvalue weighted by Crippen LogP contribution is -2.12. The molecule has 7 heteroatoms. The standard InChI is InChI=1S/C18H12Cl2O5/c1-23-16(21)9-24-11-5-6-12-14(8-11)25-15(18(12)22)7-10-3-2-4-13(19)17(10)20/h2-8H,9H2,1H3. The van der Waals surface area contributed by atoms with Crippen LogP contribution in [0.5, 0.6) is 11.5 Å². The predicted molar refractivity (Wildman–Crippen MR) is 93.4 cm³/mol. The topological polar surface area (TPSA) is 61.8 Å². The summed E-state index contributed by atoms with van der Waals surface area (Å²) in [6, 6.07) is 9.81. The van der Waals surface area contributed by atoms with Gasteiger partial charge in [-0.25, -0.2) is 4.79 Å². The lowest BCUT2D eigenvalue weighted by Gasteiger charge is -2.05. The average molecular weight is 379 g/mol. The smallest absolute Gasteiger partial charge is 0.343 e. The van der Waals surface area contributed by atoms with Crippen molar-refractivity contribution in [2.75, 3.05) is 13.7 Å². The summed E-state index contributed by atoms with van der Waals surface area (Å²) < 4.78 is 15.4. The van der Waals surface area contributed by atoms with Gasteiger partial charge < -0.3 is 14.2 Å². The first-order valence-electron chi connectivity index (χ1n) is 7.21. The van der Waals surface area contributed by atoms with Crippen LogP contribution in [0.2, 0.25) is 10.0 Å². The van der Waals surface area contributed by atoms with Crippen molar-refractivity contribution in [3.63, 3.8) is 0 Å². The Bertz CT molecular complexity index is 889. The summed E-state index contributed by atoms with van der Waals surface area (Å²) in [5.74, 6) is 0.0827. The van der Waals surface area contributed by atoms with Gasteiger partial charge in [0.2, 0.25) is 5.78 Å². The molecule has 0 unspecified atom stereocenters. The van der Waals surface area contributed by atoms with Crippen LogP contribution < -0.4 is 9.47 Å².